The third kappa shape index (κ3) is 5.33. The van der Waals surface area contributed by atoms with Crippen LogP contribution in [0.15, 0.2) is 6.33 Å². The number of hydrogen-bond donors (Lipinski definition) is 2. The van der Waals surface area contributed by atoms with E-state index in [-0.39, 0.29) is 11.7 Å². The molecule has 1 saturated carbocycles. The van der Waals surface area contributed by atoms with Crippen LogP contribution in [0.2, 0.25) is 0 Å². The first-order valence-electron chi connectivity index (χ1n) is 8.57. The quantitative estimate of drug-likeness (QED) is 0.448. The first-order chi connectivity index (χ1) is 11.1. The van der Waals surface area contributed by atoms with E-state index in [9.17, 15) is 10.1 Å². The second-order valence-electron chi connectivity index (χ2n) is 6.62. The second-order valence-corrected chi connectivity index (χ2v) is 6.62. The third-order valence-corrected chi connectivity index (χ3v) is 4.21. The van der Waals surface area contributed by atoms with Gasteiger partial charge in [-0.15, -0.1) is 0 Å². The molecule has 0 atom stereocenters. The molecule has 1 aliphatic carbocycles. The van der Waals surface area contributed by atoms with E-state index in [2.05, 4.69) is 34.4 Å². The molecule has 0 bridgehead atoms. The second kappa shape index (κ2) is 8.64. The van der Waals surface area contributed by atoms with Gasteiger partial charge in [-0.1, -0.05) is 39.5 Å². The molecule has 1 aromatic heterocycles. The van der Waals surface area contributed by atoms with Crippen molar-refractivity contribution in [3.8, 4) is 0 Å². The Morgan fingerprint density at radius 2 is 1.87 bits per heavy atom. The molecule has 2 rings (SSSR count). The molecular weight excluding hydrogens is 294 g/mol. The summed E-state index contributed by atoms with van der Waals surface area (Å²) in [7, 11) is 0. The van der Waals surface area contributed by atoms with E-state index in [1.54, 1.807) is 0 Å². The van der Waals surface area contributed by atoms with E-state index in [0.717, 1.165) is 32.1 Å². The molecule has 1 aliphatic rings. The molecule has 0 aliphatic heterocycles. The van der Waals surface area contributed by atoms with Crippen molar-refractivity contribution in [2.45, 2.75) is 64.8 Å². The van der Waals surface area contributed by atoms with E-state index >= 15 is 0 Å². The fraction of sp³-hybridized carbons (Fsp3) is 0.750. The van der Waals surface area contributed by atoms with E-state index < -0.39 is 4.92 Å². The van der Waals surface area contributed by atoms with Crippen LogP contribution in [0.3, 0.4) is 0 Å². The van der Waals surface area contributed by atoms with Gasteiger partial charge in [-0.25, -0.2) is 9.97 Å². The summed E-state index contributed by atoms with van der Waals surface area (Å²) < 4.78 is 0. The molecule has 1 fully saturated rings. The van der Waals surface area contributed by atoms with Crippen molar-refractivity contribution in [2.24, 2.45) is 5.92 Å². The van der Waals surface area contributed by atoms with Crippen LogP contribution in [0.5, 0.6) is 0 Å². The molecule has 7 heteroatoms. The van der Waals surface area contributed by atoms with Gasteiger partial charge in [0.05, 0.1) is 4.92 Å². The average Bonchev–Trinajstić information content (AvgIpc) is 2.75. The minimum Gasteiger partial charge on any atom is -0.364 e. The number of nitrogens with zero attached hydrogens (tertiary/aromatic N) is 3. The molecule has 7 nitrogen and oxygen atoms in total. The maximum absolute atomic E-state index is 11.5. The molecule has 0 aromatic carbocycles. The van der Waals surface area contributed by atoms with Crippen LogP contribution in [0.25, 0.3) is 0 Å². The maximum atomic E-state index is 11.5. The normalized spacial score (nSPS) is 16.1. The van der Waals surface area contributed by atoms with E-state index in [1.165, 1.54) is 19.2 Å². The van der Waals surface area contributed by atoms with Crippen molar-refractivity contribution in [2.75, 3.05) is 17.2 Å². The van der Waals surface area contributed by atoms with Gasteiger partial charge in [-0.2, -0.15) is 0 Å². The van der Waals surface area contributed by atoms with Gasteiger partial charge in [0.1, 0.15) is 6.33 Å². The van der Waals surface area contributed by atoms with Crippen molar-refractivity contribution in [1.29, 1.82) is 0 Å². The highest BCUT2D eigenvalue weighted by atomic mass is 16.6. The molecule has 0 spiro atoms. The molecule has 23 heavy (non-hydrogen) atoms. The van der Waals surface area contributed by atoms with Gasteiger partial charge in [-0.05, 0) is 25.2 Å². The molecule has 2 N–H and O–H groups in total. The smallest absolute Gasteiger partial charge is 0.353 e. The van der Waals surface area contributed by atoms with Crippen molar-refractivity contribution in [1.82, 2.24) is 9.97 Å². The summed E-state index contributed by atoms with van der Waals surface area (Å²) in [6, 6.07) is 0.259. The Labute approximate surface area is 137 Å². The molecule has 0 saturated heterocycles. The predicted molar refractivity (Wildman–Crippen MR) is 91.7 cm³/mol. The van der Waals surface area contributed by atoms with Gasteiger partial charge in [0.2, 0.25) is 11.6 Å². The van der Waals surface area contributed by atoms with Crippen molar-refractivity contribution >= 4 is 17.3 Å². The molecular formula is C16H27N5O2. The summed E-state index contributed by atoms with van der Waals surface area (Å²) in [5.74, 6) is 1.18. The molecule has 0 amide bonds. The van der Waals surface area contributed by atoms with Crippen molar-refractivity contribution in [3.05, 3.63) is 16.4 Å². The molecule has 0 radical (unpaired) electrons. The number of nitrogens with one attached hydrogen (secondary N) is 2. The minimum atomic E-state index is -0.392. The third-order valence-electron chi connectivity index (χ3n) is 4.21. The fourth-order valence-electron chi connectivity index (χ4n) is 2.88. The summed E-state index contributed by atoms with van der Waals surface area (Å²) in [5, 5.41) is 17.9. The topological polar surface area (TPSA) is 93.0 Å². The Morgan fingerprint density at radius 1 is 1.22 bits per heavy atom. The van der Waals surface area contributed by atoms with Crippen molar-refractivity contribution in [3.63, 3.8) is 0 Å². The lowest BCUT2D eigenvalue weighted by Gasteiger charge is -2.17. The highest BCUT2D eigenvalue weighted by Gasteiger charge is 2.25. The zero-order valence-electron chi connectivity index (χ0n) is 14.0. The largest absolute Gasteiger partial charge is 0.364 e. The van der Waals surface area contributed by atoms with Crippen LogP contribution in [-0.4, -0.2) is 27.5 Å². The van der Waals surface area contributed by atoms with Crippen LogP contribution in [-0.2, 0) is 0 Å². The minimum absolute atomic E-state index is 0.0412. The first-order valence-corrected chi connectivity index (χ1v) is 8.57. The summed E-state index contributed by atoms with van der Waals surface area (Å²) in [6.45, 7) is 4.91. The Hall–Kier alpha value is -1.92. The number of nitro groups is 1. The summed E-state index contributed by atoms with van der Waals surface area (Å²) >= 11 is 0. The number of rotatable bonds is 7. The Balaban J connectivity index is 2.12. The van der Waals surface area contributed by atoms with Crippen LogP contribution < -0.4 is 10.6 Å². The number of aromatic nitrogens is 2. The van der Waals surface area contributed by atoms with Crippen LogP contribution in [0.1, 0.15) is 58.8 Å². The number of hydrogen-bond acceptors (Lipinski definition) is 6. The van der Waals surface area contributed by atoms with Gasteiger partial charge < -0.3 is 10.6 Å². The van der Waals surface area contributed by atoms with E-state index in [1.807, 2.05) is 0 Å². The highest BCUT2D eigenvalue weighted by Crippen LogP contribution is 2.31. The molecule has 0 unspecified atom stereocenters. The Bertz CT molecular complexity index is 513. The molecule has 1 heterocycles. The van der Waals surface area contributed by atoms with E-state index in [4.69, 9.17) is 0 Å². The lowest BCUT2D eigenvalue weighted by molar-refractivity contribution is -0.383. The summed E-state index contributed by atoms with van der Waals surface area (Å²) in [6.07, 6.45) is 9.22. The lowest BCUT2D eigenvalue weighted by atomic mass is 10.1. The monoisotopic (exact) mass is 321 g/mol. The number of anilines is 2. The van der Waals surface area contributed by atoms with Crippen molar-refractivity contribution < 1.29 is 4.92 Å². The predicted octanol–water partition coefficient (Wildman–Crippen LogP) is 3.98. The van der Waals surface area contributed by atoms with Gasteiger partial charge in [0, 0.05) is 12.6 Å². The van der Waals surface area contributed by atoms with Gasteiger partial charge in [0.25, 0.3) is 0 Å². The Morgan fingerprint density at radius 3 is 2.48 bits per heavy atom. The highest BCUT2D eigenvalue weighted by molar-refractivity contribution is 5.69. The van der Waals surface area contributed by atoms with E-state index in [0.29, 0.717) is 24.1 Å². The van der Waals surface area contributed by atoms with Crippen LogP contribution in [0.4, 0.5) is 17.3 Å². The van der Waals surface area contributed by atoms with Crippen LogP contribution >= 0.6 is 0 Å². The fourth-order valence-corrected chi connectivity index (χ4v) is 2.88. The lowest BCUT2D eigenvalue weighted by Crippen LogP contribution is -2.20. The maximum Gasteiger partial charge on any atom is 0.353 e. The average molecular weight is 321 g/mol. The van der Waals surface area contributed by atoms with Crippen LogP contribution in [0, 0.1) is 16.0 Å². The van der Waals surface area contributed by atoms with Gasteiger partial charge in [-0.3, -0.25) is 10.1 Å². The standard InChI is InChI=1S/C16H27N5O2/c1-12(2)9-10-17-15-14(21(22)23)16(19-11-18-15)20-13-7-5-3-4-6-8-13/h11-13H,3-10H2,1-2H3,(H2,17,18,19,20). The van der Waals surface area contributed by atoms with Gasteiger partial charge in [0.15, 0.2) is 0 Å². The zero-order valence-corrected chi connectivity index (χ0v) is 14.0. The Kier molecular flexibility index (Phi) is 6.55. The molecule has 128 valence electrons. The molecule has 1 aromatic rings. The summed E-state index contributed by atoms with van der Waals surface area (Å²) in [5.41, 5.74) is -0.0412. The van der Waals surface area contributed by atoms with Gasteiger partial charge >= 0.3 is 5.69 Å². The SMILES string of the molecule is CC(C)CCNc1ncnc(NC2CCCCCC2)c1[N+](=O)[O-]. The first kappa shape index (κ1) is 17.4. The zero-order chi connectivity index (χ0) is 16.7. The summed E-state index contributed by atoms with van der Waals surface area (Å²) in [4.78, 5) is 19.3.